The fourth-order valence-corrected chi connectivity index (χ4v) is 1.13. The van der Waals surface area contributed by atoms with E-state index in [1.54, 1.807) is 17.9 Å². The summed E-state index contributed by atoms with van der Waals surface area (Å²) in [7, 11) is 1.80. The fourth-order valence-electron chi connectivity index (χ4n) is 1.13. The quantitative estimate of drug-likeness (QED) is 0.709. The predicted octanol–water partition coefficient (Wildman–Crippen LogP) is 0.542. The van der Waals surface area contributed by atoms with E-state index in [9.17, 15) is 4.79 Å². The van der Waals surface area contributed by atoms with Crippen LogP contribution in [-0.4, -0.2) is 22.2 Å². The zero-order valence-corrected chi connectivity index (χ0v) is 9.03. The molecule has 0 fully saturated rings. The number of nitrogens with two attached hydrogens (primary N) is 1. The summed E-state index contributed by atoms with van der Waals surface area (Å²) < 4.78 is 1.62. The van der Waals surface area contributed by atoms with Crippen LogP contribution in [0.4, 0.5) is 5.82 Å². The van der Waals surface area contributed by atoms with Crippen LogP contribution in [0.5, 0.6) is 0 Å². The average Bonchev–Trinajstić information content (AvgIpc) is 2.48. The molecule has 0 aromatic carbocycles. The first-order valence-electron chi connectivity index (χ1n) is 4.79. The van der Waals surface area contributed by atoms with Crippen LogP contribution in [0.15, 0.2) is 12.3 Å². The standard InChI is InChI=1S/C10H16N4O/c1-8(15)12-6-4-3-5-9-7-13-14(2)10(9)11/h3,5,7H,4,6,11H2,1-2H3,(H,12,15). The van der Waals surface area contributed by atoms with Gasteiger partial charge in [0.15, 0.2) is 0 Å². The molecule has 0 spiro atoms. The molecule has 1 amide bonds. The van der Waals surface area contributed by atoms with E-state index >= 15 is 0 Å². The van der Waals surface area contributed by atoms with Crippen LogP contribution in [0.25, 0.3) is 6.08 Å². The van der Waals surface area contributed by atoms with Crippen molar-refractivity contribution in [1.82, 2.24) is 15.1 Å². The number of anilines is 1. The van der Waals surface area contributed by atoms with E-state index in [-0.39, 0.29) is 5.91 Å². The molecule has 0 saturated heterocycles. The van der Waals surface area contributed by atoms with Crippen molar-refractivity contribution in [3.63, 3.8) is 0 Å². The smallest absolute Gasteiger partial charge is 0.216 e. The summed E-state index contributed by atoms with van der Waals surface area (Å²) in [5.41, 5.74) is 6.65. The van der Waals surface area contributed by atoms with Crippen LogP contribution in [-0.2, 0) is 11.8 Å². The maximum atomic E-state index is 10.6. The van der Waals surface area contributed by atoms with Gasteiger partial charge in [0.2, 0.25) is 5.91 Å². The number of carbonyl (C=O) groups excluding carboxylic acids is 1. The average molecular weight is 208 g/mol. The zero-order chi connectivity index (χ0) is 11.3. The summed E-state index contributed by atoms with van der Waals surface area (Å²) in [6, 6.07) is 0. The monoisotopic (exact) mass is 208 g/mol. The van der Waals surface area contributed by atoms with Crippen molar-refractivity contribution >= 4 is 17.8 Å². The summed E-state index contributed by atoms with van der Waals surface area (Å²) in [6.45, 7) is 2.15. The van der Waals surface area contributed by atoms with E-state index in [1.165, 1.54) is 6.92 Å². The molecular formula is C10H16N4O. The van der Waals surface area contributed by atoms with Gasteiger partial charge in [-0.25, -0.2) is 0 Å². The second-order valence-corrected chi connectivity index (χ2v) is 3.28. The lowest BCUT2D eigenvalue weighted by molar-refractivity contribution is -0.118. The molecule has 5 nitrogen and oxygen atoms in total. The third-order valence-corrected chi connectivity index (χ3v) is 2.00. The Bertz CT molecular complexity index is 367. The normalized spacial score (nSPS) is 10.8. The van der Waals surface area contributed by atoms with Gasteiger partial charge in [-0.2, -0.15) is 5.10 Å². The topological polar surface area (TPSA) is 72.9 Å². The Kier molecular flexibility index (Phi) is 3.91. The molecule has 1 rings (SSSR count). The highest BCUT2D eigenvalue weighted by molar-refractivity contribution is 5.72. The van der Waals surface area contributed by atoms with Crippen molar-refractivity contribution in [3.8, 4) is 0 Å². The molecule has 0 radical (unpaired) electrons. The molecular weight excluding hydrogens is 192 g/mol. The third kappa shape index (κ3) is 3.46. The van der Waals surface area contributed by atoms with E-state index in [1.807, 2.05) is 12.2 Å². The molecule has 3 N–H and O–H groups in total. The van der Waals surface area contributed by atoms with E-state index in [4.69, 9.17) is 5.73 Å². The minimum Gasteiger partial charge on any atom is -0.383 e. The van der Waals surface area contributed by atoms with Crippen LogP contribution < -0.4 is 11.1 Å². The summed E-state index contributed by atoms with van der Waals surface area (Å²) in [4.78, 5) is 10.6. The van der Waals surface area contributed by atoms with E-state index < -0.39 is 0 Å². The van der Waals surface area contributed by atoms with Crippen LogP contribution in [0, 0.1) is 0 Å². The largest absolute Gasteiger partial charge is 0.383 e. The van der Waals surface area contributed by atoms with Crippen molar-refractivity contribution in [2.24, 2.45) is 7.05 Å². The van der Waals surface area contributed by atoms with E-state index in [0.717, 1.165) is 12.0 Å². The summed E-state index contributed by atoms with van der Waals surface area (Å²) in [5, 5.41) is 6.72. The Morgan fingerprint density at radius 1 is 1.73 bits per heavy atom. The molecule has 15 heavy (non-hydrogen) atoms. The number of nitrogen functional groups attached to an aromatic ring is 1. The molecule has 1 aromatic rings. The Hall–Kier alpha value is -1.78. The van der Waals surface area contributed by atoms with Gasteiger partial charge in [0.05, 0.1) is 6.20 Å². The lowest BCUT2D eigenvalue weighted by atomic mass is 10.2. The van der Waals surface area contributed by atoms with Crippen molar-refractivity contribution in [3.05, 3.63) is 17.8 Å². The Morgan fingerprint density at radius 3 is 3.00 bits per heavy atom. The minimum absolute atomic E-state index is 0.00992. The molecule has 0 unspecified atom stereocenters. The first-order chi connectivity index (χ1) is 7.11. The van der Waals surface area contributed by atoms with Gasteiger partial charge in [-0.15, -0.1) is 0 Å². The Morgan fingerprint density at radius 2 is 2.47 bits per heavy atom. The summed E-state index contributed by atoms with van der Waals surface area (Å²) in [5.74, 6) is 0.634. The molecule has 5 heteroatoms. The number of amides is 1. The molecule has 0 saturated carbocycles. The van der Waals surface area contributed by atoms with Gasteiger partial charge in [0.1, 0.15) is 5.82 Å². The number of nitrogens with one attached hydrogen (secondary N) is 1. The third-order valence-electron chi connectivity index (χ3n) is 2.00. The number of hydrogen-bond acceptors (Lipinski definition) is 3. The van der Waals surface area contributed by atoms with Gasteiger partial charge < -0.3 is 11.1 Å². The number of rotatable bonds is 4. The van der Waals surface area contributed by atoms with Crippen LogP contribution in [0.3, 0.4) is 0 Å². The predicted molar refractivity (Wildman–Crippen MR) is 60.0 cm³/mol. The molecule has 0 aliphatic carbocycles. The fraction of sp³-hybridized carbons (Fsp3) is 0.400. The van der Waals surface area contributed by atoms with E-state index in [2.05, 4.69) is 10.4 Å². The molecule has 1 aromatic heterocycles. The van der Waals surface area contributed by atoms with Crippen molar-refractivity contribution in [2.45, 2.75) is 13.3 Å². The van der Waals surface area contributed by atoms with Crippen LogP contribution >= 0.6 is 0 Å². The molecule has 0 atom stereocenters. The molecule has 82 valence electrons. The van der Waals surface area contributed by atoms with Gasteiger partial charge in [-0.1, -0.05) is 12.2 Å². The minimum atomic E-state index is -0.00992. The SMILES string of the molecule is CC(=O)NCCC=Cc1cnn(C)c1N. The van der Waals surface area contributed by atoms with Gasteiger partial charge >= 0.3 is 0 Å². The highest BCUT2D eigenvalue weighted by Crippen LogP contribution is 2.10. The first kappa shape index (κ1) is 11.3. The molecule has 0 aliphatic heterocycles. The maximum absolute atomic E-state index is 10.6. The number of hydrogen-bond donors (Lipinski definition) is 2. The maximum Gasteiger partial charge on any atom is 0.216 e. The Balaban J connectivity index is 2.38. The lowest BCUT2D eigenvalue weighted by Crippen LogP contribution is -2.20. The second-order valence-electron chi connectivity index (χ2n) is 3.28. The van der Waals surface area contributed by atoms with Gasteiger partial charge in [0.25, 0.3) is 0 Å². The number of aryl methyl sites for hydroxylation is 1. The number of carbonyl (C=O) groups is 1. The molecule has 1 heterocycles. The first-order valence-corrected chi connectivity index (χ1v) is 4.79. The summed E-state index contributed by atoms with van der Waals surface area (Å²) >= 11 is 0. The van der Waals surface area contributed by atoms with Gasteiger partial charge in [-0.05, 0) is 6.42 Å². The van der Waals surface area contributed by atoms with E-state index in [0.29, 0.717) is 12.4 Å². The molecule has 0 aliphatic rings. The van der Waals surface area contributed by atoms with Crippen molar-refractivity contribution < 1.29 is 4.79 Å². The number of aromatic nitrogens is 2. The number of nitrogens with zero attached hydrogens (tertiary/aromatic N) is 2. The molecule has 0 bridgehead atoms. The van der Waals surface area contributed by atoms with Crippen molar-refractivity contribution in [2.75, 3.05) is 12.3 Å². The zero-order valence-electron chi connectivity index (χ0n) is 9.03. The van der Waals surface area contributed by atoms with Crippen LogP contribution in [0.1, 0.15) is 18.9 Å². The lowest BCUT2D eigenvalue weighted by Gasteiger charge is -1.97. The van der Waals surface area contributed by atoms with Crippen molar-refractivity contribution in [1.29, 1.82) is 0 Å². The van der Waals surface area contributed by atoms with Gasteiger partial charge in [-0.3, -0.25) is 9.48 Å². The van der Waals surface area contributed by atoms with Gasteiger partial charge in [0, 0.05) is 26.1 Å². The van der Waals surface area contributed by atoms with Crippen LogP contribution in [0.2, 0.25) is 0 Å². The summed E-state index contributed by atoms with van der Waals surface area (Å²) in [6.07, 6.45) is 6.37. The Labute approximate surface area is 89.0 Å². The highest BCUT2D eigenvalue weighted by atomic mass is 16.1. The second kappa shape index (κ2) is 5.19. The highest BCUT2D eigenvalue weighted by Gasteiger charge is 1.99.